The molecule has 0 aromatic heterocycles. The molecule has 1 aliphatic carbocycles. The van der Waals surface area contributed by atoms with Gasteiger partial charge in [0.1, 0.15) is 12.3 Å². The second-order valence-corrected chi connectivity index (χ2v) is 20.7. The number of aliphatic hydroxyl groups excluding tert-OH is 1. The molecule has 10 aliphatic rings. The van der Waals surface area contributed by atoms with Crippen molar-refractivity contribution in [1.82, 2.24) is 19.6 Å². The number of nitrogens with one attached hydrogen (secondary N) is 1. The zero-order valence-electron chi connectivity index (χ0n) is 30.1. The average Bonchev–Trinajstić information content (AvgIpc) is 3.84. The summed E-state index contributed by atoms with van der Waals surface area (Å²) in [5.74, 6) is -3.74. The molecule has 0 radical (unpaired) electrons. The molecule has 18 heteroatoms. The average molecular weight is 824 g/mol. The number of piperazine rings is 2. The van der Waals surface area contributed by atoms with E-state index >= 15 is 19.2 Å². The number of para-hydroxylation sites is 1. The highest BCUT2D eigenvalue weighted by molar-refractivity contribution is 8.78. The molecule has 4 bridgehead atoms. The lowest BCUT2D eigenvalue weighted by molar-refractivity contribution is -0.174. The Morgan fingerprint density at radius 2 is 1.36 bits per heavy atom. The van der Waals surface area contributed by atoms with Crippen molar-refractivity contribution in [3.05, 3.63) is 65.2 Å². The van der Waals surface area contributed by atoms with E-state index in [9.17, 15) is 19.8 Å². The van der Waals surface area contributed by atoms with Gasteiger partial charge in [-0.1, -0.05) is 77.9 Å². The van der Waals surface area contributed by atoms with E-state index in [2.05, 4.69) is 5.32 Å². The molecule has 0 unspecified atom stereocenters. The number of benzene rings is 2. The molecule has 0 saturated carbocycles. The van der Waals surface area contributed by atoms with Crippen LogP contribution in [0.4, 0.5) is 5.69 Å². The Bertz CT molecular complexity index is 2200. The van der Waals surface area contributed by atoms with Crippen molar-refractivity contribution in [3.63, 3.8) is 0 Å². The summed E-state index contributed by atoms with van der Waals surface area (Å²) in [4.78, 5) is 86.5. The molecule has 4 amide bonds. The van der Waals surface area contributed by atoms with Crippen molar-refractivity contribution < 1.29 is 43.7 Å². The van der Waals surface area contributed by atoms with Gasteiger partial charge in [-0.2, -0.15) is 0 Å². The first kappa shape index (κ1) is 35.8. The van der Waals surface area contributed by atoms with Crippen LogP contribution in [0.15, 0.2) is 48.5 Å². The SMILES string of the molecule is CC[C@@]12SS[C@]3(C(=O)N1C)[C@@H](O)[C@]1([C@@]45c6ccccc6N[C@@H]4N4C(=O)[C@]6(CC)SS[C@]4(C(=O)N6C)[C@H]5OC(=O)CCC(=O)O)c4ccccc4C[C@@H]1N3C2=O. The Kier molecular flexibility index (Phi) is 7.21. The van der Waals surface area contributed by atoms with E-state index in [1.807, 2.05) is 56.3 Å². The Hall–Kier alpha value is -3.58. The normalized spacial score (nSPS) is 41.2. The summed E-state index contributed by atoms with van der Waals surface area (Å²) in [6.07, 6.45) is -4.60. The van der Waals surface area contributed by atoms with Crippen LogP contribution in [0, 0.1) is 0 Å². The number of aliphatic hydroxyl groups is 1. The molecule has 55 heavy (non-hydrogen) atoms. The molecule has 14 nitrogen and oxygen atoms in total. The zero-order valence-corrected chi connectivity index (χ0v) is 33.4. The van der Waals surface area contributed by atoms with Gasteiger partial charge in [-0.05, 0) is 63.6 Å². The van der Waals surface area contributed by atoms with E-state index in [1.54, 1.807) is 25.1 Å². The molecule has 2 spiro atoms. The molecule has 8 saturated heterocycles. The third kappa shape index (κ3) is 3.48. The number of rotatable bonds is 7. The van der Waals surface area contributed by atoms with Crippen molar-refractivity contribution in [2.45, 2.75) is 101 Å². The van der Waals surface area contributed by atoms with Gasteiger partial charge in [-0.15, -0.1) is 0 Å². The number of hydrogen-bond donors (Lipinski definition) is 3. The number of amides is 4. The van der Waals surface area contributed by atoms with Crippen molar-refractivity contribution in [1.29, 1.82) is 0 Å². The fourth-order valence-corrected chi connectivity index (χ4v) is 19.4. The van der Waals surface area contributed by atoms with Crippen molar-refractivity contribution in [2.24, 2.45) is 0 Å². The molecule has 3 N–H and O–H groups in total. The van der Waals surface area contributed by atoms with Crippen LogP contribution in [0.25, 0.3) is 0 Å². The lowest BCUT2D eigenvalue weighted by Gasteiger charge is -2.59. The number of fused-ring (bicyclic) bond motifs is 11. The number of aliphatic carboxylic acids is 1. The summed E-state index contributed by atoms with van der Waals surface area (Å²) in [5, 5.41) is 26.9. The van der Waals surface area contributed by atoms with Crippen molar-refractivity contribution >= 4 is 84.4 Å². The number of likely N-dealkylation sites (N-methyl/N-ethyl adjacent to an activating group) is 2. The highest BCUT2D eigenvalue weighted by Crippen LogP contribution is 2.79. The fraction of sp³-hybridized carbons (Fsp3) is 0.514. The lowest BCUT2D eigenvalue weighted by Crippen LogP contribution is -2.78. The number of nitrogens with zero attached hydrogens (tertiary/aromatic N) is 4. The van der Waals surface area contributed by atoms with Gasteiger partial charge >= 0.3 is 11.9 Å². The maximum Gasteiger partial charge on any atom is 0.306 e. The first-order valence-corrected chi connectivity index (χ1v) is 22.6. The molecule has 10 atom stereocenters. The summed E-state index contributed by atoms with van der Waals surface area (Å²) >= 11 is 0. The fourth-order valence-electron chi connectivity index (χ4n) is 11.5. The third-order valence-corrected chi connectivity index (χ3v) is 21.4. The summed E-state index contributed by atoms with van der Waals surface area (Å²) in [5.41, 5.74) is -0.873. The van der Waals surface area contributed by atoms with Crippen LogP contribution < -0.4 is 5.32 Å². The topological polar surface area (TPSA) is 177 Å². The summed E-state index contributed by atoms with van der Waals surface area (Å²) in [6.45, 7) is 3.69. The highest BCUT2D eigenvalue weighted by Gasteiger charge is 2.93. The minimum absolute atomic E-state index is 0.231. The monoisotopic (exact) mass is 823 g/mol. The van der Waals surface area contributed by atoms with Gasteiger partial charge in [0.2, 0.25) is 9.74 Å². The highest BCUT2D eigenvalue weighted by atomic mass is 33.1. The predicted octanol–water partition coefficient (Wildman–Crippen LogP) is 2.70. The Labute approximate surface area is 331 Å². The molecule has 9 heterocycles. The van der Waals surface area contributed by atoms with Gasteiger partial charge < -0.3 is 35.0 Å². The Balaban J connectivity index is 1.34. The first-order valence-electron chi connectivity index (χ1n) is 18.3. The van der Waals surface area contributed by atoms with Crippen LogP contribution in [0.3, 0.4) is 0 Å². The van der Waals surface area contributed by atoms with E-state index in [0.717, 1.165) is 16.4 Å². The minimum Gasteiger partial charge on any atom is -0.481 e. The lowest BCUT2D eigenvalue weighted by atomic mass is 9.51. The van der Waals surface area contributed by atoms with Crippen LogP contribution in [0.1, 0.15) is 56.2 Å². The van der Waals surface area contributed by atoms with Gasteiger partial charge in [-0.3, -0.25) is 33.7 Å². The Morgan fingerprint density at radius 1 is 0.782 bits per heavy atom. The van der Waals surface area contributed by atoms with E-state index < -0.39 is 91.3 Å². The predicted molar refractivity (Wildman–Crippen MR) is 205 cm³/mol. The number of hydrogen-bond acceptors (Lipinski definition) is 13. The third-order valence-electron chi connectivity index (χ3n) is 13.8. The van der Waals surface area contributed by atoms with Gasteiger partial charge in [-0.25, -0.2) is 0 Å². The second kappa shape index (κ2) is 11.1. The van der Waals surface area contributed by atoms with E-state index in [1.165, 1.54) is 47.1 Å². The second-order valence-electron chi connectivity index (χ2n) is 15.5. The van der Waals surface area contributed by atoms with Crippen LogP contribution in [-0.2, 0) is 50.8 Å². The number of carbonyl (C=O) groups is 6. The maximum absolute atomic E-state index is 15.3. The molecule has 9 aliphatic heterocycles. The van der Waals surface area contributed by atoms with Gasteiger partial charge in [0.15, 0.2) is 15.8 Å². The summed E-state index contributed by atoms with van der Waals surface area (Å²) in [6, 6.07) is 13.9. The molecule has 2 aromatic rings. The van der Waals surface area contributed by atoms with E-state index in [4.69, 9.17) is 4.74 Å². The summed E-state index contributed by atoms with van der Waals surface area (Å²) in [7, 11) is 7.95. The minimum atomic E-state index is -1.90. The molecule has 2 aromatic carbocycles. The van der Waals surface area contributed by atoms with E-state index in [0.29, 0.717) is 23.2 Å². The van der Waals surface area contributed by atoms with Crippen molar-refractivity contribution in [3.8, 4) is 0 Å². The van der Waals surface area contributed by atoms with Crippen LogP contribution in [-0.4, -0.2) is 123 Å². The van der Waals surface area contributed by atoms with Crippen LogP contribution >= 0.6 is 43.2 Å². The number of carbonyl (C=O) groups excluding carboxylic acids is 5. The number of anilines is 1. The molecule has 12 rings (SSSR count). The quantitative estimate of drug-likeness (QED) is 0.275. The largest absolute Gasteiger partial charge is 0.481 e. The van der Waals surface area contributed by atoms with Gasteiger partial charge in [0, 0.05) is 19.8 Å². The van der Waals surface area contributed by atoms with E-state index in [-0.39, 0.29) is 24.7 Å². The number of ether oxygens (including phenoxy) is 1. The maximum atomic E-state index is 15.3. The molecular formula is C37H37N5O9S4. The summed E-state index contributed by atoms with van der Waals surface area (Å²) < 4.78 is 6.64. The van der Waals surface area contributed by atoms with Gasteiger partial charge in [0.25, 0.3) is 23.6 Å². The number of carboxylic acids is 1. The van der Waals surface area contributed by atoms with Crippen LogP contribution in [0.2, 0.25) is 0 Å². The molecular weight excluding hydrogens is 787 g/mol. The smallest absolute Gasteiger partial charge is 0.306 e. The first-order chi connectivity index (χ1) is 26.2. The van der Waals surface area contributed by atoms with Crippen molar-refractivity contribution in [2.75, 3.05) is 19.4 Å². The van der Waals surface area contributed by atoms with Crippen LogP contribution in [0.5, 0.6) is 0 Å². The molecule has 8 fully saturated rings. The number of esters is 1. The molecule has 288 valence electrons. The standard InChI is InChI=1S/C37H37N5O9S4/c1-5-32-28(47)41-22-17-18-11-7-8-12-19(18)34(22,25(46)36(41,54-52-32)30(49)39(32)3)35-20-13-9-10-14-21(20)38-27(35)42-29(48)33(6-2)40(4)31(50)37(42,55-53-33)26(35)51-24(45)16-15-23(43)44/h7-14,22,25-27,38,46H,5-6,15-17H2,1-4H3,(H,43,44)/t22-,25-,26-,27+,32-,33-,34-,35+,36-,37-/m0/s1. The van der Waals surface area contributed by atoms with Gasteiger partial charge in [0.05, 0.1) is 29.7 Å². The zero-order chi connectivity index (χ0) is 38.8. The Morgan fingerprint density at radius 3 is 2.02 bits per heavy atom. The number of carboxylic acid groups (broad SMARTS) is 1.